The van der Waals surface area contributed by atoms with Crippen molar-refractivity contribution in [3.8, 4) is 11.8 Å². The van der Waals surface area contributed by atoms with Gasteiger partial charge in [-0.2, -0.15) is 0 Å². The van der Waals surface area contributed by atoms with Crippen molar-refractivity contribution in [3.63, 3.8) is 0 Å². The van der Waals surface area contributed by atoms with E-state index in [0.29, 0.717) is 22.4 Å². The highest BCUT2D eigenvalue weighted by molar-refractivity contribution is 6.07. The summed E-state index contributed by atoms with van der Waals surface area (Å²) >= 11 is 0. The molecular weight excluding hydrogens is 398 g/mol. The van der Waals surface area contributed by atoms with Gasteiger partial charge in [0.1, 0.15) is 17.0 Å². The first-order valence-corrected chi connectivity index (χ1v) is 10.2. The Morgan fingerprint density at radius 3 is 2.61 bits per heavy atom. The van der Waals surface area contributed by atoms with Crippen LogP contribution in [0.2, 0.25) is 0 Å². The van der Waals surface area contributed by atoms with Crippen LogP contribution in [0.4, 0.5) is 0 Å². The van der Waals surface area contributed by atoms with Gasteiger partial charge in [-0.15, -0.1) is 0 Å². The van der Waals surface area contributed by atoms with Crippen LogP contribution in [-0.2, 0) is 11.8 Å². The first-order chi connectivity index (χ1) is 14.7. The smallest absolute Gasteiger partial charge is 0.340 e. The summed E-state index contributed by atoms with van der Waals surface area (Å²) in [4.78, 5) is 28.2. The number of rotatable bonds is 4. The summed E-state index contributed by atoms with van der Waals surface area (Å²) in [6.07, 6.45) is 0.362. The highest BCUT2D eigenvalue weighted by Crippen LogP contribution is 2.24. The Morgan fingerprint density at radius 2 is 2.03 bits per heavy atom. The lowest BCUT2D eigenvalue weighted by atomic mass is 10.1. The number of aryl methyl sites for hydroxylation is 3. The predicted molar refractivity (Wildman–Crippen MR) is 118 cm³/mol. The van der Waals surface area contributed by atoms with Crippen LogP contribution in [0.15, 0.2) is 21.6 Å². The van der Waals surface area contributed by atoms with Crippen molar-refractivity contribution in [1.29, 1.82) is 0 Å². The summed E-state index contributed by atoms with van der Waals surface area (Å²) in [6.45, 7) is 11.6. The first-order valence-electron chi connectivity index (χ1n) is 10.2. The number of hydrogen-bond acceptors (Lipinski definition) is 6. The van der Waals surface area contributed by atoms with Crippen LogP contribution in [0.25, 0.3) is 10.9 Å². The van der Waals surface area contributed by atoms with Gasteiger partial charge >= 0.3 is 5.97 Å². The largest absolute Gasteiger partial charge is 0.462 e. The first kappa shape index (κ1) is 24.0. The van der Waals surface area contributed by atoms with E-state index in [1.165, 1.54) is 10.8 Å². The van der Waals surface area contributed by atoms with Gasteiger partial charge in [0.05, 0.1) is 17.7 Å². The molecule has 0 saturated heterocycles. The maximum absolute atomic E-state index is 12.7. The summed E-state index contributed by atoms with van der Waals surface area (Å²) in [5, 5.41) is 14.4. The molecule has 0 fully saturated rings. The van der Waals surface area contributed by atoms with Gasteiger partial charge in [-0.25, -0.2) is 4.79 Å². The van der Waals surface area contributed by atoms with Gasteiger partial charge < -0.3 is 23.9 Å². The molecule has 3 rings (SSSR count). The van der Waals surface area contributed by atoms with E-state index in [9.17, 15) is 14.7 Å². The summed E-state index contributed by atoms with van der Waals surface area (Å²) < 4.78 is 11.7. The van der Waals surface area contributed by atoms with Crippen molar-refractivity contribution in [2.45, 2.75) is 47.6 Å². The number of hydrogen-bond donors (Lipinski definition) is 2. The molecule has 0 aromatic carbocycles. The molecule has 31 heavy (non-hydrogen) atoms. The van der Waals surface area contributed by atoms with Crippen LogP contribution in [0, 0.1) is 31.6 Å². The number of nitrogens with one attached hydrogen (secondary N) is 1. The average Bonchev–Trinajstić information content (AvgIpc) is 3.32. The Bertz CT molecular complexity index is 1190. The molecule has 0 aliphatic carbocycles. The van der Waals surface area contributed by atoms with Gasteiger partial charge in [0.25, 0.3) is 5.56 Å². The summed E-state index contributed by atoms with van der Waals surface area (Å²) in [5.74, 6) is 5.78. The summed E-state index contributed by atoms with van der Waals surface area (Å²) in [5.41, 5.74) is 1.48. The SMILES string of the molecule is CC.Cc1cc([C@H](O)C#Cc2cn(C)c(=O)c3[nH]c(C)c(C(=O)OCC(C)C)c23)no1. The van der Waals surface area contributed by atoms with E-state index in [-0.39, 0.29) is 34.9 Å². The molecule has 0 spiro atoms. The molecule has 2 N–H and O–H groups in total. The number of fused-ring (bicyclic) bond motifs is 1. The summed E-state index contributed by atoms with van der Waals surface area (Å²) in [6, 6.07) is 1.59. The predicted octanol–water partition coefficient (Wildman–Crippen LogP) is 3.40. The number of nitrogens with zero attached hydrogens (tertiary/aromatic N) is 2. The van der Waals surface area contributed by atoms with E-state index in [2.05, 4.69) is 22.0 Å². The van der Waals surface area contributed by atoms with Crippen molar-refractivity contribution in [1.82, 2.24) is 14.7 Å². The van der Waals surface area contributed by atoms with Gasteiger partial charge in [-0.05, 0) is 19.8 Å². The number of H-pyrrole nitrogens is 1. The Balaban J connectivity index is 0.00000166. The van der Waals surface area contributed by atoms with Gasteiger partial charge in [0.2, 0.25) is 0 Å². The van der Waals surface area contributed by atoms with Crippen molar-refractivity contribution in [2.24, 2.45) is 13.0 Å². The molecule has 166 valence electrons. The topological polar surface area (TPSA) is 110 Å². The molecule has 3 aromatic rings. The zero-order valence-electron chi connectivity index (χ0n) is 19.0. The Kier molecular flexibility index (Phi) is 7.83. The Morgan fingerprint density at radius 1 is 1.35 bits per heavy atom. The van der Waals surface area contributed by atoms with Gasteiger partial charge in [0.15, 0.2) is 6.10 Å². The number of pyridine rings is 1. The Labute approximate surface area is 181 Å². The third-order valence-electron chi connectivity index (χ3n) is 4.34. The number of carbonyl (C=O) groups excluding carboxylic acids is 1. The molecule has 3 heterocycles. The zero-order chi connectivity index (χ0) is 23.3. The minimum atomic E-state index is -1.17. The van der Waals surface area contributed by atoms with Crippen molar-refractivity contribution >= 4 is 16.9 Å². The van der Waals surface area contributed by atoms with E-state index in [4.69, 9.17) is 9.26 Å². The molecule has 1 atom stereocenters. The second kappa shape index (κ2) is 10.1. The van der Waals surface area contributed by atoms with Crippen LogP contribution in [0.1, 0.15) is 66.9 Å². The molecular formula is C23H29N3O5. The van der Waals surface area contributed by atoms with Crippen molar-refractivity contribution in [3.05, 3.63) is 50.9 Å². The second-order valence-electron chi connectivity index (χ2n) is 7.36. The molecule has 0 radical (unpaired) electrons. The lowest BCUT2D eigenvalue weighted by molar-refractivity contribution is 0.0460. The second-order valence-corrected chi connectivity index (χ2v) is 7.36. The van der Waals surface area contributed by atoms with Crippen molar-refractivity contribution in [2.75, 3.05) is 6.61 Å². The minimum Gasteiger partial charge on any atom is -0.462 e. The molecule has 3 aromatic heterocycles. The molecule has 8 nitrogen and oxygen atoms in total. The third-order valence-corrected chi connectivity index (χ3v) is 4.34. The highest BCUT2D eigenvalue weighted by Gasteiger charge is 2.22. The van der Waals surface area contributed by atoms with Crippen LogP contribution < -0.4 is 5.56 Å². The van der Waals surface area contributed by atoms with Crippen LogP contribution >= 0.6 is 0 Å². The third kappa shape index (κ3) is 5.25. The normalized spacial score (nSPS) is 11.5. The summed E-state index contributed by atoms with van der Waals surface area (Å²) in [7, 11) is 1.59. The Hall–Kier alpha value is -3.31. The molecule has 0 saturated carbocycles. The van der Waals surface area contributed by atoms with E-state index in [0.717, 1.165) is 0 Å². The number of aliphatic hydroxyl groups is 1. The lowest BCUT2D eigenvalue weighted by Gasteiger charge is -2.08. The number of carbonyl (C=O) groups is 1. The number of aromatic nitrogens is 3. The number of esters is 1. The zero-order valence-corrected chi connectivity index (χ0v) is 19.0. The van der Waals surface area contributed by atoms with E-state index in [1.54, 1.807) is 27.0 Å². The highest BCUT2D eigenvalue weighted by atomic mass is 16.5. The van der Waals surface area contributed by atoms with Gasteiger partial charge in [-0.1, -0.05) is 44.7 Å². The molecule has 0 aliphatic rings. The van der Waals surface area contributed by atoms with Crippen molar-refractivity contribution < 1.29 is 19.2 Å². The molecule has 0 amide bonds. The van der Waals surface area contributed by atoms with Crippen LogP contribution in [0.5, 0.6) is 0 Å². The van der Waals surface area contributed by atoms with E-state index >= 15 is 0 Å². The maximum Gasteiger partial charge on any atom is 0.340 e. The van der Waals surface area contributed by atoms with E-state index < -0.39 is 12.1 Å². The minimum absolute atomic E-state index is 0.178. The lowest BCUT2D eigenvalue weighted by Crippen LogP contribution is -2.17. The maximum atomic E-state index is 12.7. The molecule has 0 aliphatic heterocycles. The number of aromatic amines is 1. The number of ether oxygens (including phenoxy) is 1. The van der Waals surface area contributed by atoms with Gasteiger partial charge in [-0.3, -0.25) is 4.79 Å². The fourth-order valence-electron chi connectivity index (χ4n) is 2.95. The fraction of sp³-hybridized carbons (Fsp3) is 0.435. The number of aliphatic hydroxyl groups excluding tert-OH is 1. The van der Waals surface area contributed by atoms with Gasteiger partial charge in [0, 0.05) is 30.4 Å². The monoisotopic (exact) mass is 427 g/mol. The molecule has 0 bridgehead atoms. The quantitative estimate of drug-likeness (QED) is 0.488. The van der Waals surface area contributed by atoms with Crippen LogP contribution in [0.3, 0.4) is 0 Å². The van der Waals surface area contributed by atoms with Crippen LogP contribution in [-0.4, -0.2) is 32.4 Å². The fourth-order valence-corrected chi connectivity index (χ4v) is 2.95. The molecule has 8 heteroatoms. The van der Waals surface area contributed by atoms with E-state index in [1.807, 2.05) is 27.7 Å². The average molecular weight is 428 g/mol. The standard InChI is InChI=1S/C21H23N3O5.C2H6/c1-11(2)10-28-21(27)17-13(4)22-19-18(17)14(9-24(5)20(19)26)6-7-16(25)15-8-12(3)29-23-15;1-2/h8-9,11,16,22,25H,10H2,1-5H3;1-2H3/t16-;/m1./s1. The molecule has 0 unspecified atom stereocenters.